The molecule has 84 valence electrons. The van der Waals surface area contributed by atoms with Crippen LogP contribution in [0.3, 0.4) is 0 Å². The molecule has 1 heterocycles. The molecule has 15 heavy (non-hydrogen) atoms. The molecule has 1 aromatic rings. The average molecular weight is 210 g/mol. The van der Waals surface area contributed by atoms with Crippen LogP contribution in [-0.4, -0.2) is 30.9 Å². The SMILES string of the molecule is Cc1ccc(C(=O)N(C)CC(C)CN)o1. The number of nitrogens with two attached hydrogens (primary N) is 1. The number of amides is 1. The Kier molecular flexibility index (Phi) is 3.91. The van der Waals surface area contributed by atoms with Gasteiger partial charge in [0.1, 0.15) is 5.76 Å². The minimum Gasteiger partial charge on any atom is -0.456 e. The van der Waals surface area contributed by atoms with Crippen molar-refractivity contribution < 1.29 is 9.21 Å². The maximum Gasteiger partial charge on any atom is 0.289 e. The second-order valence-electron chi connectivity index (χ2n) is 3.94. The van der Waals surface area contributed by atoms with Crippen LogP contribution in [0.1, 0.15) is 23.2 Å². The normalized spacial score (nSPS) is 12.5. The molecular weight excluding hydrogens is 192 g/mol. The lowest BCUT2D eigenvalue weighted by Gasteiger charge is -2.19. The number of hydrogen-bond acceptors (Lipinski definition) is 3. The van der Waals surface area contributed by atoms with Crippen LogP contribution in [0, 0.1) is 12.8 Å². The zero-order valence-corrected chi connectivity index (χ0v) is 9.49. The minimum absolute atomic E-state index is 0.0941. The van der Waals surface area contributed by atoms with Crippen LogP contribution in [0.15, 0.2) is 16.5 Å². The van der Waals surface area contributed by atoms with Crippen molar-refractivity contribution in [3.63, 3.8) is 0 Å². The Morgan fingerprint density at radius 2 is 2.27 bits per heavy atom. The smallest absolute Gasteiger partial charge is 0.289 e. The Morgan fingerprint density at radius 3 is 2.73 bits per heavy atom. The number of carbonyl (C=O) groups excluding carboxylic acids is 1. The predicted molar refractivity (Wildman–Crippen MR) is 58.6 cm³/mol. The fraction of sp³-hybridized carbons (Fsp3) is 0.545. The lowest BCUT2D eigenvalue weighted by Crippen LogP contribution is -2.33. The third-order valence-electron chi connectivity index (χ3n) is 2.29. The van der Waals surface area contributed by atoms with E-state index in [-0.39, 0.29) is 5.91 Å². The highest BCUT2D eigenvalue weighted by Gasteiger charge is 2.16. The fourth-order valence-corrected chi connectivity index (χ4v) is 1.36. The monoisotopic (exact) mass is 210 g/mol. The van der Waals surface area contributed by atoms with Crippen molar-refractivity contribution >= 4 is 5.91 Å². The van der Waals surface area contributed by atoms with Crippen molar-refractivity contribution in [3.8, 4) is 0 Å². The van der Waals surface area contributed by atoms with Gasteiger partial charge in [-0.05, 0) is 31.5 Å². The summed E-state index contributed by atoms with van der Waals surface area (Å²) in [5.74, 6) is 1.34. The first kappa shape index (κ1) is 11.8. The van der Waals surface area contributed by atoms with E-state index >= 15 is 0 Å². The van der Waals surface area contributed by atoms with Gasteiger partial charge in [-0.25, -0.2) is 0 Å². The molecule has 0 bridgehead atoms. The van der Waals surface area contributed by atoms with Crippen LogP contribution < -0.4 is 5.73 Å². The Bertz CT molecular complexity index is 333. The van der Waals surface area contributed by atoms with Gasteiger partial charge in [-0.3, -0.25) is 4.79 Å². The van der Waals surface area contributed by atoms with Crippen molar-refractivity contribution in [3.05, 3.63) is 23.7 Å². The lowest BCUT2D eigenvalue weighted by molar-refractivity contribution is 0.0744. The number of hydrogen-bond donors (Lipinski definition) is 1. The highest BCUT2D eigenvalue weighted by atomic mass is 16.3. The van der Waals surface area contributed by atoms with E-state index in [4.69, 9.17) is 10.2 Å². The van der Waals surface area contributed by atoms with Crippen molar-refractivity contribution in [2.75, 3.05) is 20.1 Å². The Balaban J connectivity index is 2.60. The second kappa shape index (κ2) is 4.98. The van der Waals surface area contributed by atoms with Crippen molar-refractivity contribution in [1.82, 2.24) is 4.90 Å². The van der Waals surface area contributed by atoms with Gasteiger partial charge in [0.15, 0.2) is 5.76 Å². The van der Waals surface area contributed by atoms with E-state index in [2.05, 4.69) is 0 Å². The highest BCUT2D eigenvalue weighted by molar-refractivity contribution is 5.91. The Labute approximate surface area is 90.0 Å². The topological polar surface area (TPSA) is 59.5 Å². The molecule has 0 aromatic carbocycles. The molecule has 1 aromatic heterocycles. The number of nitrogens with zero attached hydrogens (tertiary/aromatic N) is 1. The Morgan fingerprint density at radius 1 is 1.60 bits per heavy atom. The summed E-state index contributed by atoms with van der Waals surface area (Å²) in [5.41, 5.74) is 5.50. The van der Waals surface area contributed by atoms with E-state index < -0.39 is 0 Å². The molecule has 1 amide bonds. The first-order chi connectivity index (χ1) is 7.04. The van der Waals surface area contributed by atoms with Crippen molar-refractivity contribution in [2.45, 2.75) is 13.8 Å². The summed E-state index contributed by atoms with van der Waals surface area (Å²) in [6.45, 7) is 5.06. The third-order valence-corrected chi connectivity index (χ3v) is 2.29. The molecule has 0 aliphatic heterocycles. The largest absolute Gasteiger partial charge is 0.456 e. The van der Waals surface area contributed by atoms with E-state index in [1.807, 2.05) is 13.8 Å². The van der Waals surface area contributed by atoms with E-state index in [1.165, 1.54) is 0 Å². The maximum absolute atomic E-state index is 11.8. The van der Waals surface area contributed by atoms with Gasteiger partial charge in [0, 0.05) is 13.6 Å². The van der Waals surface area contributed by atoms with Crippen LogP contribution in [-0.2, 0) is 0 Å². The molecule has 0 aliphatic rings. The summed E-state index contributed by atoms with van der Waals surface area (Å²) in [4.78, 5) is 13.4. The van der Waals surface area contributed by atoms with E-state index in [9.17, 15) is 4.79 Å². The lowest BCUT2D eigenvalue weighted by atomic mass is 10.2. The van der Waals surface area contributed by atoms with Gasteiger partial charge in [-0.2, -0.15) is 0 Å². The van der Waals surface area contributed by atoms with Gasteiger partial charge in [0.25, 0.3) is 5.91 Å². The first-order valence-electron chi connectivity index (χ1n) is 5.06. The average Bonchev–Trinajstić information content (AvgIpc) is 2.63. The molecular formula is C11H18N2O2. The number of aryl methyl sites for hydroxylation is 1. The Hall–Kier alpha value is -1.29. The zero-order valence-electron chi connectivity index (χ0n) is 9.49. The first-order valence-corrected chi connectivity index (χ1v) is 5.06. The quantitative estimate of drug-likeness (QED) is 0.813. The van der Waals surface area contributed by atoms with E-state index in [1.54, 1.807) is 24.1 Å². The molecule has 1 atom stereocenters. The fourth-order valence-electron chi connectivity index (χ4n) is 1.36. The van der Waals surface area contributed by atoms with Gasteiger partial charge in [-0.15, -0.1) is 0 Å². The third kappa shape index (κ3) is 3.09. The molecule has 0 radical (unpaired) electrons. The standard InChI is InChI=1S/C11H18N2O2/c1-8(6-12)7-13(3)11(14)10-5-4-9(2)15-10/h4-5,8H,6-7,12H2,1-3H3. The molecule has 4 heteroatoms. The van der Waals surface area contributed by atoms with Gasteiger partial charge in [0.05, 0.1) is 0 Å². The van der Waals surface area contributed by atoms with Crippen LogP contribution in [0.5, 0.6) is 0 Å². The predicted octanol–water partition coefficient (Wildman–Crippen LogP) is 1.25. The maximum atomic E-state index is 11.8. The molecule has 4 nitrogen and oxygen atoms in total. The summed E-state index contributed by atoms with van der Waals surface area (Å²) in [5, 5.41) is 0. The van der Waals surface area contributed by atoms with Gasteiger partial charge >= 0.3 is 0 Å². The van der Waals surface area contributed by atoms with Crippen LogP contribution in [0.4, 0.5) is 0 Å². The van der Waals surface area contributed by atoms with Crippen LogP contribution in [0.25, 0.3) is 0 Å². The highest BCUT2D eigenvalue weighted by Crippen LogP contribution is 2.09. The summed E-state index contributed by atoms with van der Waals surface area (Å²) in [7, 11) is 1.76. The van der Waals surface area contributed by atoms with E-state index in [0.29, 0.717) is 24.8 Å². The summed E-state index contributed by atoms with van der Waals surface area (Å²) >= 11 is 0. The summed E-state index contributed by atoms with van der Waals surface area (Å²) < 4.78 is 5.26. The van der Waals surface area contributed by atoms with Gasteiger partial charge in [0.2, 0.25) is 0 Å². The van der Waals surface area contributed by atoms with Crippen LogP contribution >= 0.6 is 0 Å². The molecule has 0 saturated heterocycles. The second-order valence-corrected chi connectivity index (χ2v) is 3.94. The van der Waals surface area contributed by atoms with Gasteiger partial charge in [-0.1, -0.05) is 6.92 Å². The summed E-state index contributed by atoms with van der Waals surface area (Å²) in [6.07, 6.45) is 0. The van der Waals surface area contributed by atoms with Crippen molar-refractivity contribution in [2.24, 2.45) is 11.7 Å². The van der Waals surface area contributed by atoms with Crippen molar-refractivity contribution in [1.29, 1.82) is 0 Å². The molecule has 1 unspecified atom stereocenters. The molecule has 2 N–H and O–H groups in total. The number of furan rings is 1. The number of carbonyl (C=O) groups is 1. The zero-order chi connectivity index (χ0) is 11.4. The molecule has 1 rings (SSSR count). The summed E-state index contributed by atoms with van der Waals surface area (Å²) in [6, 6.07) is 3.48. The molecule has 0 spiro atoms. The molecule has 0 fully saturated rings. The molecule has 0 saturated carbocycles. The molecule has 0 aliphatic carbocycles. The van der Waals surface area contributed by atoms with Gasteiger partial charge < -0.3 is 15.1 Å². The number of rotatable bonds is 4. The van der Waals surface area contributed by atoms with E-state index in [0.717, 1.165) is 5.76 Å². The minimum atomic E-state index is -0.0941. The van der Waals surface area contributed by atoms with Crippen LogP contribution in [0.2, 0.25) is 0 Å².